The van der Waals surface area contributed by atoms with Crippen molar-refractivity contribution in [2.75, 3.05) is 26.3 Å². The molecule has 1 fully saturated rings. The van der Waals surface area contributed by atoms with Crippen molar-refractivity contribution in [3.05, 3.63) is 28.8 Å². The Kier molecular flexibility index (Phi) is 8.04. The summed E-state index contributed by atoms with van der Waals surface area (Å²) < 4.78 is 10.7. The molecule has 2 rings (SSSR count). The number of benzene rings is 1. The predicted octanol–water partition coefficient (Wildman–Crippen LogP) is 3.54. The van der Waals surface area contributed by atoms with Crippen molar-refractivity contribution in [1.29, 1.82) is 0 Å². The summed E-state index contributed by atoms with van der Waals surface area (Å²) in [6, 6.07) is 5.60. The van der Waals surface area contributed by atoms with Crippen LogP contribution < -0.4 is 10.1 Å². The molecule has 1 saturated heterocycles. The Balaban J connectivity index is 1.61. The molecule has 0 saturated carbocycles. The van der Waals surface area contributed by atoms with Crippen LogP contribution in [0.25, 0.3) is 0 Å². The van der Waals surface area contributed by atoms with E-state index in [9.17, 15) is 9.59 Å². The highest BCUT2D eigenvalue weighted by atomic mass is 35.5. The van der Waals surface area contributed by atoms with Gasteiger partial charge in [-0.2, -0.15) is 0 Å². The van der Waals surface area contributed by atoms with Crippen LogP contribution in [0.4, 0.5) is 4.79 Å². The van der Waals surface area contributed by atoms with Gasteiger partial charge in [-0.25, -0.2) is 4.79 Å². The lowest BCUT2D eigenvalue weighted by Crippen LogP contribution is -2.46. The average Bonchev–Trinajstić information content (AvgIpc) is 2.61. The van der Waals surface area contributed by atoms with E-state index >= 15 is 0 Å². The number of likely N-dealkylation sites (tertiary alicyclic amines) is 1. The van der Waals surface area contributed by atoms with Crippen molar-refractivity contribution in [3.63, 3.8) is 0 Å². The van der Waals surface area contributed by atoms with E-state index in [4.69, 9.17) is 21.1 Å². The van der Waals surface area contributed by atoms with Crippen LogP contribution in [0.15, 0.2) is 18.2 Å². The fraction of sp³-hybridized carbons (Fsp3) is 0.579. The normalized spacial score (nSPS) is 14.8. The third-order valence-corrected chi connectivity index (χ3v) is 4.56. The predicted molar refractivity (Wildman–Crippen MR) is 101 cm³/mol. The highest BCUT2D eigenvalue weighted by Gasteiger charge is 2.24. The zero-order chi connectivity index (χ0) is 18.9. The van der Waals surface area contributed by atoms with Crippen molar-refractivity contribution < 1.29 is 19.1 Å². The van der Waals surface area contributed by atoms with E-state index < -0.39 is 0 Å². The lowest BCUT2D eigenvalue weighted by Gasteiger charge is -2.31. The van der Waals surface area contributed by atoms with Crippen LogP contribution >= 0.6 is 11.6 Å². The molecule has 26 heavy (non-hydrogen) atoms. The molecule has 1 aliphatic heterocycles. The van der Waals surface area contributed by atoms with Gasteiger partial charge in [-0.1, -0.05) is 11.6 Å². The summed E-state index contributed by atoms with van der Waals surface area (Å²) >= 11 is 5.92. The summed E-state index contributed by atoms with van der Waals surface area (Å²) in [4.78, 5) is 25.4. The van der Waals surface area contributed by atoms with Gasteiger partial charge in [0, 0.05) is 30.6 Å². The van der Waals surface area contributed by atoms with Crippen molar-refractivity contribution in [1.82, 2.24) is 10.2 Å². The molecule has 144 valence electrons. The minimum atomic E-state index is -0.271. The van der Waals surface area contributed by atoms with Crippen LogP contribution in [0.2, 0.25) is 5.02 Å². The van der Waals surface area contributed by atoms with Crippen molar-refractivity contribution >= 4 is 23.6 Å². The van der Waals surface area contributed by atoms with Crippen molar-refractivity contribution in [3.8, 4) is 5.75 Å². The molecule has 1 heterocycles. The van der Waals surface area contributed by atoms with Crippen LogP contribution in [0.1, 0.15) is 38.2 Å². The maximum Gasteiger partial charge on any atom is 0.409 e. The van der Waals surface area contributed by atoms with Crippen LogP contribution in [-0.2, 0) is 9.53 Å². The van der Waals surface area contributed by atoms with E-state index in [1.165, 1.54) is 0 Å². The molecular formula is C19H27ClN2O4. The van der Waals surface area contributed by atoms with Crippen molar-refractivity contribution in [2.24, 2.45) is 0 Å². The molecular weight excluding hydrogens is 356 g/mol. The number of hydrogen-bond donors (Lipinski definition) is 1. The molecule has 0 spiro atoms. The third-order valence-electron chi connectivity index (χ3n) is 4.33. The topological polar surface area (TPSA) is 67.9 Å². The molecule has 0 atom stereocenters. The number of carbonyl (C=O) groups excluding carboxylic acids is 2. The quantitative estimate of drug-likeness (QED) is 0.732. The number of ether oxygens (including phenoxy) is 2. The number of rotatable bonds is 7. The summed E-state index contributed by atoms with van der Waals surface area (Å²) in [5.41, 5.74) is 0.982. The van der Waals surface area contributed by atoms with Gasteiger partial charge in [0.2, 0.25) is 5.91 Å². The Morgan fingerprint density at radius 2 is 2.04 bits per heavy atom. The molecule has 6 nitrogen and oxygen atoms in total. The number of amides is 2. The van der Waals surface area contributed by atoms with E-state index in [1.54, 1.807) is 17.9 Å². The second-order valence-electron chi connectivity index (χ2n) is 6.39. The minimum Gasteiger partial charge on any atom is -0.493 e. The van der Waals surface area contributed by atoms with Gasteiger partial charge in [-0.3, -0.25) is 4.79 Å². The first-order valence-corrected chi connectivity index (χ1v) is 9.47. The summed E-state index contributed by atoms with van der Waals surface area (Å²) in [6.45, 7) is 5.83. The maximum absolute atomic E-state index is 12.1. The highest BCUT2D eigenvalue weighted by Crippen LogP contribution is 2.22. The van der Waals surface area contributed by atoms with Crippen molar-refractivity contribution in [2.45, 2.75) is 45.6 Å². The van der Waals surface area contributed by atoms with Gasteiger partial charge in [-0.05, 0) is 56.9 Å². The van der Waals surface area contributed by atoms with Crippen LogP contribution in [0.3, 0.4) is 0 Å². The smallest absolute Gasteiger partial charge is 0.409 e. The molecule has 0 radical (unpaired) electrons. The van der Waals surface area contributed by atoms with Gasteiger partial charge >= 0.3 is 6.09 Å². The van der Waals surface area contributed by atoms with Crippen LogP contribution in [0.5, 0.6) is 5.75 Å². The van der Waals surface area contributed by atoms with E-state index in [2.05, 4.69) is 5.32 Å². The second kappa shape index (κ2) is 10.3. The van der Waals surface area contributed by atoms with Gasteiger partial charge < -0.3 is 19.7 Å². The molecule has 1 N–H and O–H groups in total. The van der Waals surface area contributed by atoms with Crippen LogP contribution in [0, 0.1) is 6.92 Å². The first kappa shape index (κ1) is 20.4. The Hall–Kier alpha value is -1.95. The van der Waals surface area contributed by atoms with Gasteiger partial charge in [0.25, 0.3) is 0 Å². The molecule has 7 heteroatoms. The minimum absolute atomic E-state index is 0.0241. The average molecular weight is 383 g/mol. The zero-order valence-corrected chi connectivity index (χ0v) is 16.2. The summed E-state index contributed by atoms with van der Waals surface area (Å²) in [5.74, 6) is 0.817. The Morgan fingerprint density at radius 3 is 2.69 bits per heavy atom. The molecule has 1 aliphatic rings. The third kappa shape index (κ3) is 6.41. The van der Waals surface area contributed by atoms with E-state index in [0.717, 1.165) is 24.2 Å². The lowest BCUT2D eigenvalue weighted by atomic mass is 10.1. The van der Waals surface area contributed by atoms with Gasteiger partial charge in [0.05, 0.1) is 13.2 Å². The molecule has 0 unspecified atom stereocenters. The van der Waals surface area contributed by atoms with E-state index in [0.29, 0.717) is 44.2 Å². The SMILES string of the molecule is CCOC(=O)N1CCC(NC(=O)CCCOc2ccc(Cl)cc2C)CC1. The highest BCUT2D eigenvalue weighted by molar-refractivity contribution is 6.30. The first-order valence-electron chi connectivity index (χ1n) is 9.09. The Morgan fingerprint density at radius 1 is 1.31 bits per heavy atom. The summed E-state index contributed by atoms with van der Waals surface area (Å²) in [6.07, 6.45) is 2.31. The molecule has 0 aliphatic carbocycles. The molecule has 2 amide bonds. The zero-order valence-electron chi connectivity index (χ0n) is 15.4. The van der Waals surface area contributed by atoms with E-state index in [1.807, 2.05) is 19.1 Å². The van der Waals surface area contributed by atoms with Gasteiger partial charge in [-0.15, -0.1) is 0 Å². The van der Waals surface area contributed by atoms with Gasteiger partial charge in [0.1, 0.15) is 5.75 Å². The summed E-state index contributed by atoms with van der Waals surface area (Å²) in [7, 11) is 0. The fourth-order valence-corrected chi connectivity index (χ4v) is 3.14. The number of nitrogens with zero attached hydrogens (tertiary/aromatic N) is 1. The molecule has 0 bridgehead atoms. The maximum atomic E-state index is 12.1. The molecule has 1 aromatic carbocycles. The number of halogens is 1. The standard InChI is InChI=1S/C19H27ClN2O4/c1-3-25-19(24)22-10-8-16(9-11-22)21-18(23)5-4-12-26-17-7-6-15(20)13-14(17)2/h6-7,13,16H,3-5,8-12H2,1-2H3,(H,21,23). The number of carbonyl (C=O) groups is 2. The second-order valence-corrected chi connectivity index (χ2v) is 6.83. The molecule has 1 aromatic rings. The van der Waals surface area contributed by atoms with Crippen LogP contribution in [-0.4, -0.2) is 49.2 Å². The van der Waals surface area contributed by atoms with Gasteiger partial charge in [0.15, 0.2) is 0 Å². The molecule has 0 aromatic heterocycles. The van der Waals surface area contributed by atoms with E-state index in [-0.39, 0.29) is 18.0 Å². The number of nitrogens with one attached hydrogen (secondary N) is 1. The first-order chi connectivity index (χ1) is 12.5. The Bertz CT molecular complexity index is 616. The number of aryl methyl sites for hydroxylation is 1. The largest absolute Gasteiger partial charge is 0.493 e. The summed E-state index contributed by atoms with van der Waals surface area (Å²) in [5, 5.41) is 3.72. The number of hydrogen-bond acceptors (Lipinski definition) is 4. The fourth-order valence-electron chi connectivity index (χ4n) is 2.91. The number of piperidine rings is 1. The monoisotopic (exact) mass is 382 g/mol. The Labute approximate surface area is 159 Å². The lowest BCUT2D eigenvalue weighted by molar-refractivity contribution is -0.122.